The van der Waals surface area contributed by atoms with E-state index in [0.717, 1.165) is 56.0 Å². The molecule has 1 aromatic rings. The van der Waals surface area contributed by atoms with Crippen LogP contribution < -0.4 is 0 Å². The third kappa shape index (κ3) is 3.37. The number of allylic oxidation sites excluding steroid dienone is 2. The van der Waals surface area contributed by atoms with Gasteiger partial charge in [0.1, 0.15) is 0 Å². The first-order valence-electron chi connectivity index (χ1n) is 9.04. The van der Waals surface area contributed by atoms with E-state index in [1.807, 2.05) is 6.07 Å². The highest BCUT2D eigenvalue weighted by atomic mass is 16.6. The first kappa shape index (κ1) is 15.8. The number of hydrogen-bond donors (Lipinski definition) is 0. The molecule has 2 aliphatic carbocycles. The normalized spacial score (nSPS) is 30.1. The van der Waals surface area contributed by atoms with Crippen molar-refractivity contribution in [2.45, 2.75) is 19.4 Å². The number of nitro groups is 1. The van der Waals surface area contributed by atoms with Gasteiger partial charge in [0.2, 0.25) is 0 Å². The molecule has 3 aliphatic rings. The van der Waals surface area contributed by atoms with Crippen LogP contribution in [0.4, 0.5) is 5.69 Å². The van der Waals surface area contributed by atoms with Crippen molar-refractivity contribution in [2.24, 2.45) is 17.8 Å². The lowest BCUT2D eigenvalue weighted by Crippen LogP contribution is -2.47. The monoisotopic (exact) mass is 327 g/mol. The fourth-order valence-electron chi connectivity index (χ4n) is 4.59. The molecule has 128 valence electrons. The molecule has 0 aromatic heterocycles. The van der Waals surface area contributed by atoms with Crippen molar-refractivity contribution in [3.63, 3.8) is 0 Å². The highest BCUT2D eigenvalue weighted by molar-refractivity contribution is 5.34. The Morgan fingerprint density at radius 2 is 1.88 bits per heavy atom. The number of nitrogens with zero attached hydrogens (tertiary/aromatic N) is 3. The first-order valence-corrected chi connectivity index (χ1v) is 9.04. The van der Waals surface area contributed by atoms with Crippen LogP contribution in [0.3, 0.4) is 0 Å². The van der Waals surface area contributed by atoms with Crippen molar-refractivity contribution >= 4 is 5.69 Å². The Kier molecular flexibility index (Phi) is 4.37. The van der Waals surface area contributed by atoms with Crippen LogP contribution in [0.2, 0.25) is 0 Å². The smallest absolute Gasteiger partial charge is 0.269 e. The lowest BCUT2D eigenvalue weighted by atomic mass is 9.93. The Morgan fingerprint density at radius 3 is 2.54 bits per heavy atom. The molecule has 0 N–H and O–H groups in total. The minimum Gasteiger partial charge on any atom is -0.300 e. The lowest BCUT2D eigenvalue weighted by Gasteiger charge is -2.37. The molecule has 3 unspecified atom stereocenters. The van der Waals surface area contributed by atoms with E-state index in [2.05, 4.69) is 22.0 Å². The maximum absolute atomic E-state index is 10.9. The molecule has 0 amide bonds. The third-order valence-electron chi connectivity index (χ3n) is 5.90. The maximum Gasteiger partial charge on any atom is 0.269 e. The molecule has 1 saturated heterocycles. The number of hydrogen-bond acceptors (Lipinski definition) is 4. The molecule has 2 bridgehead atoms. The van der Waals surface area contributed by atoms with Gasteiger partial charge in [-0.2, -0.15) is 0 Å². The van der Waals surface area contributed by atoms with Crippen molar-refractivity contribution in [1.29, 1.82) is 0 Å². The van der Waals surface area contributed by atoms with Crippen molar-refractivity contribution in [3.05, 3.63) is 52.1 Å². The van der Waals surface area contributed by atoms with Gasteiger partial charge in [-0.15, -0.1) is 0 Å². The molecule has 1 aromatic carbocycles. The van der Waals surface area contributed by atoms with Gasteiger partial charge in [-0.1, -0.05) is 24.3 Å². The predicted octanol–water partition coefficient (Wildman–Crippen LogP) is 2.92. The minimum atomic E-state index is -0.314. The van der Waals surface area contributed by atoms with Crippen LogP contribution in [-0.2, 0) is 6.54 Å². The zero-order chi connectivity index (χ0) is 16.5. The quantitative estimate of drug-likeness (QED) is 0.474. The highest BCUT2D eigenvalue weighted by Gasteiger charge is 2.36. The maximum atomic E-state index is 10.9. The zero-order valence-electron chi connectivity index (χ0n) is 14.0. The summed E-state index contributed by atoms with van der Waals surface area (Å²) in [4.78, 5) is 15.6. The van der Waals surface area contributed by atoms with E-state index >= 15 is 0 Å². The molecule has 4 rings (SSSR count). The second-order valence-electron chi connectivity index (χ2n) is 7.54. The summed E-state index contributed by atoms with van der Waals surface area (Å²) < 4.78 is 0. The topological polar surface area (TPSA) is 49.6 Å². The number of nitro benzene ring substituents is 1. The van der Waals surface area contributed by atoms with Gasteiger partial charge in [-0.05, 0) is 36.2 Å². The van der Waals surface area contributed by atoms with Gasteiger partial charge in [-0.25, -0.2) is 0 Å². The molecule has 1 saturated carbocycles. The second-order valence-corrected chi connectivity index (χ2v) is 7.54. The summed E-state index contributed by atoms with van der Waals surface area (Å²) in [5.41, 5.74) is 1.23. The summed E-state index contributed by atoms with van der Waals surface area (Å²) in [6.45, 7) is 6.40. The van der Waals surface area contributed by atoms with Crippen molar-refractivity contribution in [2.75, 3.05) is 32.7 Å². The first-order chi connectivity index (χ1) is 11.7. The Balaban J connectivity index is 1.26. The molecular formula is C19H25N3O2. The Labute approximate surface area is 143 Å². The van der Waals surface area contributed by atoms with Gasteiger partial charge in [0.05, 0.1) is 4.92 Å². The summed E-state index contributed by atoms with van der Waals surface area (Å²) in [6, 6.07) is 7.03. The number of rotatable bonds is 5. The summed E-state index contributed by atoms with van der Waals surface area (Å²) in [5.74, 6) is 2.55. The Morgan fingerprint density at radius 1 is 1.08 bits per heavy atom. The molecule has 0 spiro atoms. The Hall–Kier alpha value is -1.72. The average molecular weight is 327 g/mol. The van der Waals surface area contributed by atoms with Crippen molar-refractivity contribution < 1.29 is 4.92 Å². The van der Waals surface area contributed by atoms with E-state index in [-0.39, 0.29) is 10.6 Å². The van der Waals surface area contributed by atoms with Gasteiger partial charge in [0, 0.05) is 51.4 Å². The van der Waals surface area contributed by atoms with Gasteiger partial charge in [0.15, 0.2) is 0 Å². The van der Waals surface area contributed by atoms with E-state index in [1.165, 1.54) is 19.4 Å². The average Bonchev–Trinajstić information content (AvgIpc) is 3.20. The molecule has 0 radical (unpaired) electrons. The van der Waals surface area contributed by atoms with Gasteiger partial charge in [-0.3, -0.25) is 15.0 Å². The standard InChI is InChI=1S/C19H25N3O2/c23-22(24)19-3-1-2-16(12-19)13-20-6-8-21(9-7-20)14-18-11-15-4-5-17(18)10-15/h1-5,12,15,17-18H,6-11,13-14H2. The fourth-order valence-corrected chi connectivity index (χ4v) is 4.59. The molecule has 5 nitrogen and oxygen atoms in total. The molecular weight excluding hydrogens is 302 g/mol. The number of benzene rings is 1. The van der Waals surface area contributed by atoms with Crippen molar-refractivity contribution in [1.82, 2.24) is 9.80 Å². The Bertz CT molecular complexity index is 637. The minimum absolute atomic E-state index is 0.190. The van der Waals surface area contributed by atoms with E-state index in [0.29, 0.717) is 0 Å². The van der Waals surface area contributed by atoms with E-state index in [9.17, 15) is 10.1 Å². The van der Waals surface area contributed by atoms with E-state index in [1.54, 1.807) is 18.2 Å². The summed E-state index contributed by atoms with van der Waals surface area (Å²) >= 11 is 0. The molecule has 5 heteroatoms. The second kappa shape index (κ2) is 6.65. The number of non-ortho nitro benzene ring substituents is 1. The van der Waals surface area contributed by atoms with E-state index in [4.69, 9.17) is 0 Å². The molecule has 3 atom stereocenters. The summed E-state index contributed by atoms with van der Waals surface area (Å²) in [7, 11) is 0. The number of fused-ring (bicyclic) bond motifs is 2. The molecule has 2 fully saturated rings. The number of piperazine rings is 1. The molecule has 1 heterocycles. The SMILES string of the molecule is O=[N+]([O-])c1cccc(CN2CCN(CC3CC4C=CC3C4)CC2)c1. The van der Waals surface area contributed by atoms with Crippen LogP contribution in [0.1, 0.15) is 18.4 Å². The van der Waals surface area contributed by atoms with Crippen LogP contribution in [0, 0.1) is 27.9 Å². The highest BCUT2D eigenvalue weighted by Crippen LogP contribution is 2.43. The van der Waals surface area contributed by atoms with Crippen LogP contribution in [0.25, 0.3) is 0 Å². The van der Waals surface area contributed by atoms with Crippen LogP contribution in [0.15, 0.2) is 36.4 Å². The van der Waals surface area contributed by atoms with Crippen molar-refractivity contribution in [3.8, 4) is 0 Å². The molecule has 24 heavy (non-hydrogen) atoms. The zero-order valence-corrected chi connectivity index (χ0v) is 14.0. The third-order valence-corrected chi connectivity index (χ3v) is 5.90. The van der Waals surface area contributed by atoms with Crippen LogP contribution in [0.5, 0.6) is 0 Å². The largest absolute Gasteiger partial charge is 0.300 e. The summed E-state index contributed by atoms with van der Waals surface area (Å²) in [6.07, 6.45) is 7.63. The van der Waals surface area contributed by atoms with Gasteiger partial charge < -0.3 is 4.90 Å². The molecule has 1 aliphatic heterocycles. The van der Waals surface area contributed by atoms with Gasteiger partial charge in [0.25, 0.3) is 5.69 Å². The van der Waals surface area contributed by atoms with Crippen LogP contribution in [-0.4, -0.2) is 47.4 Å². The fraction of sp³-hybridized carbons (Fsp3) is 0.579. The lowest BCUT2D eigenvalue weighted by molar-refractivity contribution is -0.384. The summed E-state index contributed by atoms with van der Waals surface area (Å²) in [5, 5.41) is 10.9. The van der Waals surface area contributed by atoms with Gasteiger partial charge >= 0.3 is 0 Å². The predicted molar refractivity (Wildman–Crippen MR) is 93.7 cm³/mol. The van der Waals surface area contributed by atoms with E-state index < -0.39 is 0 Å². The van der Waals surface area contributed by atoms with Crippen LogP contribution >= 0.6 is 0 Å².